The van der Waals surface area contributed by atoms with E-state index in [1.54, 1.807) is 0 Å². The molecular weight excluding hydrogens is 578 g/mol. The summed E-state index contributed by atoms with van der Waals surface area (Å²) in [5, 5.41) is 11.6. The van der Waals surface area contributed by atoms with Gasteiger partial charge < -0.3 is 10.4 Å². The summed E-state index contributed by atoms with van der Waals surface area (Å²) in [6.07, 6.45) is -0.638. The Balaban J connectivity index is 1.91. The summed E-state index contributed by atoms with van der Waals surface area (Å²) in [4.78, 5) is 49.5. The summed E-state index contributed by atoms with van der Waals surface area (Å²) < 4.78 is 38.4. The van der Waals surface area contributed by atoms with Crippen LogP contribution in [0.25, 0.3) is 0 Å². The number of nitrogens with one attached hydrogen (secondary N) is 1. The summed E-state index contributed by atoms with van der Waals surface area (Å²) in [7, 11) is 0. The van der Waals surface area contributed by atoms with Gasteiger partial charge in [-0.15, -0.1) is 0 Å². The molecule has 1 atom stereocenters. The van der Waals surface area contributed by atoms with E-state index in [0.29, 0.717) is 5.56 Å². The summed E-state index contributed by atoms with van der Waals surface area (Å²) >= 11 is 11.8. The molecule has 6 nitrogen and oxygen atoms in total. The van der Waals surface area contributed by atoms with Crippen molar-refractivity contribution in [1.82, 2.24) is 5.32 Å². The molecule has 0 saturated carbocycles. The molecule has 0 aromatic heterocycles. The minimum absolute atomic E-state index is 0.000560. The van der Waals surface area contributed by atoms with E-state index < -0.39 is 34.9 Å². The molecule has 204 valence electrons. The Labute approximate surface area is 235 Å². The molecule has 12 heteroatoms. The number of hydrogen-bond acceptors (Lipinski definition) is 5. The van der Waals surface area contributed by atoms with Crippen LogP contribution in [-0.4, -0.2) is 40.6 Å². The van der Waals surface area contributed by atoms with E-state index in [9.17, 15) is 32.3 Å². The van der Waals surface area contributed by atoms with Crippen LogP contribution in [0.3, 0.4) is 0 Å². The van der Waals surface area contributed by atoms with Crippen LogP contribution in [0, 0.1) is 0 Å². The van der Waals surface area contributed by atoms with Crippen molar-refractivity contribution in [2.45, 2.75) is 29.2 Å². The van der Waals surface area contributed by atoms with Crippen molar-refractivity contribution in [3.05, 3.63) is 99.0 Å². The second kappa shape index (κ2) is 13.1. The molecule has 0 fully saturated rings. The number of rotatable bonds is 11. The van der Waals surface area contributed by atoms with Crippen molar-refractivity contribution in [3.63, 3.8) is 0 Å². The zero-order valence-electron chi connectivity index (χ0n) is 19.9. The van der Waals surface area contributed by atoms with Gasteiger partial charge >= 0.3 is 11.5 Å². The van der Waals surface area contributed by atoms with Gasteiger partial charge in [-0.1, -0.05) is 47.5 Å². The molecule has 0 radical (unpaired) electrons. The number of carboxylic acid groups (broad SMARTS) is 1. The molecule has 0 heterocycles. The Bertz CT molecular complexity index is 1380. The molecular formula is C27H20Cl2F3NO5S. The minimum Gasteiger partial charge on any atom is -0.481 e. The molecule has 0 aliphatic heterocycles. The highest BCUT2D eigenvalue weighted by Crippen LogP contribution is 2.37. The van der Waals surface area contributed by atoms with Gasteiger partial charge in [0.1, 0.15) is 0 Å². The topological polar surface area (TPSA) is 101 Å². The SMILES string of the molecule is O=C(O)CCNC(=O)c1ccc(C(CC(=O)c2cccc(SC(F)(F)F)c2)C(=O)c2cc(Cl)cc(Cl)c2)cc1. The van der Waals surface area contributed by atoms with Crippen molar-refractivity contribution in [2.75, 3.05) is 6.54 Å². The molecule has 0 aliphatic carbocycles. The van der Waals surface area contributed by atoms with Crippen LogP contribution in [0.2, 0.25) is 10.0 Å². The summed E-state index contributed by atoms with van der Waals surface area (Å²) in [6.45, 7) is -0.0766. The second-order valence-corrected chi connectivity index (χ2v) is 10.3. The number of ketones is 2. The maximum Gasteiger partial charge on any atom is 0.446 e. The quantitative estimate of drug-likeness (QED) is 0.181. The number of alkyl halides is 3. The highest BCUT2D eigenvalue weighted by molar-refractivity contribution is 8.00. The zero-order valence-corrected chi connectivity index (χ0v) is 22.3. The van der Waals surface area contributed by atoms with Crippen molar-refractivity contribution in [3.8, 4) is 0 Å². The maximum absolute atomic E-state index is 13.5. The minimum atomic E-state index is -4.53. The number of halogens is 5. The van der Waals surface area contributed by atoms with Crippen molar-refractivity contribution in [1.29, 1.82) is 0 Å². The van der Waals surface area contributed by atoms with Crippen LogP contribution in [0.1, 0.15) is 55.4 Å². The van der Waals surface area contributed by atoms with E-state index in [1.807, 2.05) is 0 Å². The predicted molar refractivity (Wildman–Crippen MR) is 142 cm³/mol. The van der Waals surface area contributed by atoms with E-state index in [0.717, 1.165) is 6.07 Å². The number of thioether (sulfide) groups is 1. The average Bonchev–Trinajstić information content (AvgIpc) is 2.85. The van der Waals surface area contributed by atoms with E-state index in [1.165, 1.54) is 60.7 Å². The first-order valence-electron chi connectivity index (χ1n) is 11.3. The van der Waals surface area contributed by atoms with Crippen LogP contribution in [0.15, 0.2) is 71.6 Å². The lowest BCUT2D eigenvalue weighted by Gasteiger charge is -2.17. The Kier molecular flexibility index (Phi) is 10.2. The van der Waals surface area contributed by atoms with Crippen LogP contribution in [0.5, 0.6) is 0 Å². The van der Waals surface area contributed by atoms with E-state index in [2.05, 4.69) is 5.32 Å². The summed E-state index contributed by atoms with van der Waals surface area (Å²) in [5.74, 6) is -3.74. The predicted octanol–water partition coefficient (Wildman–Crippen LogP) is 7.05. The first-order valence-corrected chi connectivity index (χ1v) is 12.9. The monoisotopic (exact) mass is 597 g/mol. The lowest BCUT2D eigenvalue weighted by Crippen LogP contribution is -2.26. The Morgan fingerprint density at radius 1 is 0.872 bits per heavy atom. The van der Waals surface area contributed by atoms with Crippen molar-refractivity contribution in [2.24, 2.45) is 0 Å². The third-order valence-corrected chi connectivity index (χ3v) is 6.60. The Morgan fingerprint density at radius 2 is 1.51 bits per heavy atom. The van der Waals surface area contributed by atoms with Gasteiger partial charge in [0.25, 0.3) is 5.91 Å². The van der Waals surface area contributed by atoms with Crippen LogP contribution < -0.4 is 5.32 Å². The normalized spacial score (nSPS) is 12.0. The number of Topliss-reactive ketones (excluding diaryl/α,β-unsaturated/α-hetero) is 2. The molecule has 39 heavy (non-hydrogen) atoms. The van der Waals surface area contributed by atoms with Crippen LogP contribution >= 0.6 is 35.0 Å². The first kappa shape index (κ1) is 30.2. The van der Waals surface area contributed by atoms with E-state index in [4.69, 9.17) is 28.3 Å². The fraction of sp³-hybridized carbons (Fsp3) is 0.185. The van der Waals surface area contributed by atoms with Gasteiger partial charge in [0.2, 0.25) is 0 Å². The third-order valence-electron chi connectivity index (χ3n) is 5.44. The number of carbonyl (C=O) groups excluding carboxylic acids is 3. The lowest BCUT2D eigenvalue weighted by atomic mass is 9.85. The van der Waals surface area contributed by atoms with Gasteiger partial charge in [0.05, 0.1) is 12.3 Å². The molecule has 2 N–H and O–H groups in total. The largest absolute Gasteiger partial charge is 0.481 e. The number of aliphatic carboxylic acids is 1. The van der Waals surface area contributed by atoms with Gasteiger partial charge in [-0.25, -0.2) is 0 Å². The highest BCUT2D eigenvalue weighted by atomic mass is 35.5. The van der Waals surface area contributed by atoms with Crippen molar-refractivity contribution < 1.29 is 37.5 Å². The molecule has 0 aliphatic rings. The smallest absolute Gasteiger partial charge is 0.446 e. The molecule has 3 aromatic carbocycles. The van der Waals surface area contributed by atoms with Crippen LogP contribution in [-0.2, 0) is 4.79 Å². The number of amides is 1. The van der Waals surface area contributed by atoms with Crippen molar-refractivity contribution >= 4 is 58.4 Å². The van der Waals surface area contributed by atoms with Gasteiger partial charge in [-0.2, -0.15) is 13.2 Å². The Morgan fingerprint density at radius 3 is 2.10 bits per heavy atom. The number of carbonyl (C=O) groups is 4. The molecule has 1 unspecified atom stereocenters. The van der Waals surface area contributed by atoms with Gasteiger partial charge in [0, 0.05) is 44.6 Å². The molecule has 3 aromatic rings. The van der Waals surface area contributed by atoms with E-state index in [-0.39, 0.29) is 62.8 Å². The van der Waals surface area contributed by atoms with E-state index >= 15 is 0 Å². The second-order valence-electron chi connectivity index (χ2n) is 8.30. The number of benzene rings is 3. The number of hydrogen-bond donors (Lipinski definition) is 2. The standard InChI is InChI=1S/C27H20Cl2F3NO5S/c28-19-10-18(11-20(29)13-19)25(37)22(14-23(34)17-2-1-3-21(12-17)39-27(30,31)32)15-4-6-16(7-5-15)26(38)33-9-8-24(35)36/h1-7,10-13,22H,8-9,14H2,(H,33,38)(H,35,36). The van der Waals surface area contributed by atoms with Gasteiger partial charge in [0.15, 0.2) is 11.6 Å². The molecule has 0 saturated heterocycles. The fourth-order valence-corrected chi connectivity index (χ4v) is 4.81. The molecule has 0 bridgehead atoms. The molecule has 1 amide bonds. The first-order chi connectivity index (χ1) is 18.3. The van der Waals surface area contributed by atoms with Gasteiger partial charge in [-0.05, 0) is 59.8 Å². The third kappa shape index (κ3) is 9.12. The highest BCUT2D eigenvalue weighted by Gasteiger charge is 2.30. The molecule has 3 rings (SSSR count). The maximum atomic E-state index is 13.5. The van der Waals surface area contributed by atoms with Gasteiger partial charge in [-0.3, -0.25) is 19.2 Å². The lowest BCUT2D eigenvalue weighted by molar-refractivity contribution is -0.136. The average molecular weight is 598 g/mol. The zero-order chi connectivity index (χ0) is 28.7. The Hall–Kier alpha value is -3.34. The summed E-state index contributed by atoms with van der Waals surface area (Å²) in [5.41, 5.74) is -3.84. The van der Waals surface area contributed by atoms with Crippen LogP contribution in [0.4, 0.5) is 13.2 Å². The molecule has 0 spiro atoms. The number of carboxylic acids is 1. The fourth-order valence-electron chi connectivity index (χ4n) is 3.68. The summed E-state index contributed by atoms with van der Waals surface area (Å²) in [6, 6.07) is 15.0.